The number of aromatic nitrogens is 1. The van der Waals surface area contributed by atoms with Crippen LogP contribution in [0.4, 0.5) is 0 Å². The van der Waals surface area contributed by atoms with Gasteiger partial charge >= 0.3 is 0 Å². The summed E-state index contributed by atoms with van der Waals surface area (Å²) in [4.78, 5) is 16.2. The van der Waals surface area contributed by atoms with Crippen molar-refractivity contribution >= 4 is 17.3 Å². The van der Waals surface area contributed by atoms with Crippen molar-refractivity contribution in [2.75, 3.05) is 6.54 Å². The van der Waals surface area contributed by atoms with Crippen molar-refractivity contribution < 1.29 is 4.79 Å². The first-order chi connectivity index (χ1) is 7.88. The van der Waals surface area contributed by atoms with E-state index in [0.29, 0.717) is 0 Å². The second kappa shape index (κ2) is 3.67. The number of hydrogen-bond acceptors (Lipinski definition) is 1. The third kappa shape index (κ3) is 1.40. The van der Waals surface area contributed by atoms with E-state index >= 15 is 0 Å². The molecular weight excluding hydrogens is 200 g/mol. The Morgan fingerprint density at radius 3 is 3.06 bits per heavy atom. The monoisotopic (exact) mass is 214 g/mol. The Labute approximate surface area is 94.1 Å². The minimum Gasteiger partial charge on any atom is -0.358 e. The van der Waals surface area contributed by atoms with Gasteiger partial charge in [0.15, 0.2) is 0 Å². The smallest absolute Gasteiger partial charge is 0.210 e. The number of benzene rings is 1. The fourth-order valence-electron chi connectivity index (χ4n) is 2.48. The van der Waals surface area contributed by atoms with Gasteiger partial charge in [0.05, 0.1) is 0 Å². The van der Waals surface area contributed by atoms with Gasteiger partial charge in [-0.15, -0.1) is 0 Å². The summed E-state index contributed by atoms with van der Waals surface area (Å²) in [6, 6.07) is 8.30. The molecule has 1 aromatic carbocycles. The van der Waals surface area contributed by atoms with Gasteiger partial charge in [0.1, 0.15) is 0 Å². The minimum atomic E-state index is 0.739. The van der Waals surface area contributed by atoms with Crippen LogP contribution in [0.3, 0.4) is 0 Å². The molecule has 82 valence electrons. The maximum Gasteiger partial charge on any atom is 0.210 e. The molecule has 1 N–H and O–H groups in total. The predicted molar refractivity (Wildman–Crippen MR) is 63.1 cm³/mol. The molecule has 0 fully saturated rings. The molecule has 0 saturated carbocycles. The molecule has 0 bridgehead atoms. The Morgan fingerprint density at radius 2 is 2.19 bits per heavy atom. The van der Waals surface area contributed by atoms with Gasteiger partial charge in [-0.05, 0) is 18.9 Å². The Kier molecular flexibility index (Phi) is 2.17. The number of amides is 1. The van der Waals surface area contributed by atoms with Crippen molar-refractivity contribution in [3.8, 4) is 0 Å². The van der Waals surface area contributed by atoms with Gasteiger partial charge in [-0.3, -0.25) is 4.79 Å². The molecule has 0 radical (unpaired) electrons. The molecule has 1 aliphatic rings. The Morgan fingerprint density at radius 1 is 1.31 bits per heavy atom. The normalized spacial score (nSPS) is 15.9. The average Bonchev–Trinajstić information content (AvgIpc) is 2.54. The van der Waals surface area contributed by atoms with Crippen molar-refractivity contribution in [1.29, 1.82) is 0 Å². The number of hydrogen-bond donors (Lipinski definition) is 1. The van der Waals surface area contributed by atoms with Crippen molar-refractivity contribution in [3.63, 3.8) is 0 Å². The van der Waals surface area contributed by atoms with Gasteiger partial charge in [-0.25, -0.2) is 0 Å². The molecule has 0 saturated heterocycles. The summed E-state index contributed by atoms with van der Waals surface area (Å²) in [5, 5.41) is 1.26. The lowest BCUT2D eigenvalue weighted by Crippen LogP contribution is -2.20. The van der Waals surface area contributed by atoms with E-state index in [0.717, 1.165) is 32.3 Å². The number of nitrogens with one attached hydrogen (secondary N) is 1. The number of aryl methyl sites for hydroxylation is 1. The summed E-state index contributed by atoms with van der Waals surface area (Å²) in [6.45, 7) is 1.60. The van der Waals surface area contributed by atoms with Crippen LogP contribution in [0.2, 0.25) is 0 Å². The molecule has 0 atom stereocenters. The molecule has 3 rings (SSSR count). The second-order valence-corrected chi connectivity index (χ2v) is 4.31. The van der Waals surface area contributed by atoms with Gasteiger partial charge in [-0.2, -0.15) is 0 Å². The zero-order valence-corrected chi connectivity index (χ0v) is 9.07. The van der Waals surface area contributed by atoms with Crippen LogP contribution in [0.15, 0.2) is 24.3 Å². The lowest BCUT2D eigenvalue weighted by molar-refractivity contribution is -0.118. The SMILES string of the molecule is O=CN1CCCc2[nH]c3ccccc3c2C1. The predicted octanol–water partition coefficient (Wildman–Crippen LogP) is 2.07. The van der Waals surface area contributed by atoms with Crippen LogP contribution < -0.4 is 0 Å². The Balaban J connectivity index is 2.15. The van der Waals surface area contributed by atoms with E-state index in [2.05, 4.69) is 17.1 Å². The van der Waals surface area contributed by atoms with Crippen LogP contribution in [0.5, 0.6) is 0 Å². The van der Waals surface area contributed by atoms with Gasteiger partial charge in [0.25, 0.3) is 0 Å². The van der Waals surface area contributed by atoms with E-state index in [1.807, 2.05) is 17.0 Å². The van der Waals surface area contributed by atoms with E-state index < -0.39 is 0 Å². The van der Waals surface area contributed by atoms with Crippen molar-refractivity contribution in [3.05, 3.63) is 35.5 Å². The molecule has 2 heterocycles. The van der Waals surface area contributed by atoms with Gasteiger partial charge in [0.2, 0.25) is 6.41 Å². The third-order valence-corrected chi connectivity index (χ3v) is 3.28. The first-order valence-electron chi connectivity index (χ1n) is 5.66. The molecule has 1 aromatic heterocycles. The number of carbonyl (C=O) groups excluding carboxylic acids is 1. The largest absolute Gasteiger partial charge is 0.358 e. The number of carbonyl (C=O) groups is 1. The molecule has 0 spiro atoms. The number of para-hydroxylation sites is 1. The van der Waals surface area contributed by atoms with Crippen LogP contribution in [0.25, 0.3) is 10.9 Å². The molecule has 16 heavy (non-hydrogen) atoms. The van der Waals surface area contributed by atoms with Gasteiger partial charge in [-0.1, -0.05) is 18.2 Å². The molecular formula is C13H14N2O. The fourth-order valence-corrected chi connectivity index (χ4v) is 2.48. The highest BCUT2D eigenvalue weighted by molar-refractivity contribution is 5.84. The second-order valence-electron chi connectivity index (χ2n) is 4.31. The molecule has 0 aliphatic carbocycles. The molecule has 1 aliphatic heterocycles. The lowest BCUT2D eigenvalue weighted by atomic mass is 10.1. The summed E-state index contributed by atoms with van der Waals surface area (Å²) in [6.07, 6.45) is 3.03. The van der Waals surface area contributed by atoms with Gasteiger partial charge < -0.3 is 9.88 Å². The van der Waals surface area contributed by atoms with Crippen LogP contribution in [0.1, 0.15) is 17.7 Å². The summed E-state index contributed by atoms with van der Waals surface area (Å²) in [5.41, 5.74) is 3.77. The van der Waals surface area contributed by atoms with Crippen molar-refractivity contribution in [1.82, 2.24) is 9.88 Å². The fraction of sp³-hybridized carbons (Fsp3) is 0.308. The summed E-state index contributed by atoms with van der Waals surface area (Å²) < 4.78 is 0. The number of H-pyrrole nitrogens is 1. The van der Waals surface area contributed by atoms with E-state index in [9.17, 15) is 4.79 Å². The number of fused-ring (bicyclic) bond motifs is 3. The van der Waals surface area contributed by atoms with Crippen molar-refractivity contribution in [2.45, 2.75) is 19.4 Å². The highest BCUT2D eigenvalue weighted by Gasteiger charge is 2.17. The molecule has 3 heteroatoms. The molecule has 0 unspecified atom stereocenters. The van der Waals surface area contributed by atoms with Crippen LogP contribution in [-0.4, -0.2) is 22.8 Å². The molecule has 2 aromatic rings. The van der Waals surface area contributed by atoms with Crippen molar-refractivity contribution in [2.24, 2.45) is 0 Å². The first-order valence-corrected chi connectivity index (χ1v) is 5.66. The maximum absolute atomic E-state index is 10.9. The van der Waals surface area contributed by atoms with E-state index in [1.165, 1.54) is 22.2 Å². The number of rotatable bonds is 1. The lowest BCUT2D eigenvalue weighted by Gasteiger charge is -2.13. The molecule has 1 amide bonds. The van der Waals surface area contributed by atoms with Crippen LogP contribution >= 0.6 is 0 Å². The average molecular weight is 214 g/mol. The minimum absolute atomic E-state index is 0.739. The standard InChI is InChI=1S/C13H14N2O/c16-9-15-7-3-6-13-11(8-15)10-4-1-2-5-12(10)14-13/h1-2,4-5,9,14H,3,6-8H2. The van der Waals surface area contributed by atoms with Crippen LogP contribution in [-0.2, 0) is 17.8 Å². The summed E-state index contributed by atoms with van der Waals surface area (Å²) in [7, 11) is 0. The quantitative estimate of drug-likeness (QED) is 0.725. The highest BCUT2D eigenvalue weighted by Crippen LogP contribution is 2.26. The Hall–Kier alpha value is -1.77. The first kappa shape index (κ1) is 9.46. The maximum atomic E-state index is 10.9. The number of nitrogens with zero attached hydrogens (tertiary/aromatic N) is 1. The van der Waals surface area contributed by atoms with Gasteiger partial charge in [0, 0.05) is 35.2 Å². The zero-order chi connectivity index (χ0) is 11.0. The topological polar surface area (TPSA) is 36.1 Å². The van der Waals surface area contributed by atoms with E-state index in [1.54, 1.807) is 0 Å². The van der Waals surface area contributed by atoms with E-state index in [-0.39, 0.29) is 0 Å². The third-order valence-electron chi connectivity index (χ3n) is 3.28. The van der Waals surface area contributed by atoms with E-state index in [4.69, 9.17) is 0 Å². The van der Waals surface area contributed by atoms with Crippen LogP contribution in [0, 0.1) is 0 Å². The number of aromatic amines is 1. The summed E-state index contributed by atoms with van der Waals surface area (Å²) >= 11 is 0. The molecule has 3 nitrogen and oxygen atoms in total. The summed E-state index contributed by atoms with van der Waals surface area (Å²) in [5.74, 6) is 0. The highest BCUT2D eigenvalue weighted by atomic mass is 16.1. The Bertz CT molecular complexity index is 530. The zero-order valence-electron chi connectivity index (χ0n) is 9.07.